The van der Waals surface area contributed by atoms with E-state index in [0.29, 0.717) is 18.8 Å². The summed E-state index contributed by atoms with van der Waals surface area (Å²) in [6.45, 7) is 2.75. The van der Waals surface area contributed by atoms with E-state index >= 15 is 0 Å². The van der Waals surface area contributed by atoms with Gasteiger partial charge in [-0.1, -0.05) is 0 Å². The van der Waals surface area contributed by atoms with Gasteiger partial charge in [-0.25, -0.2) is 4.98 Å². The van der Waals surface area contributed by atoms with Gasteiger partial charge in [-0.05, 0) is 6.92 Å². The maximum atomic E-state index is 12.1. The van der Waals surface area contributed by atoms with E-state index in [1.807, 2.05) is 0 Å². The number of likely N-dealkylation sites (N-methyl/N-ethyl adjacent to an activating group) is 1. The number of hydrogen-bond acceptors (Lipinski definition) is 5. The van der Waals surface area contributed by atoms with E-state index in [4.69, 9.17) is 4.74 Å². The Bertz CT molecular complexity index is 448. The molecule has 1 unspecified atom stereocenters. The summed E-state index contributed by atoms with van der Waals surface area (Å²) in [5, 5.41) is 4.26. The van der Waals surface area contributed by atoms with Crippen molar-refractivity contribution in [3.63, 3.8) is 0 Å². The highest BCUT2D eigenvalue weighted by Crippen LogP contribution is 2.19. The number of thiazole rings is 1. The number of hydrogen-bond donors (Lipinski definition) is 1. The van der Waals surface area contributed by atoms with Crippen molar-refractivity contribution in [1.29, 1.82) is 0 Å². The Kier molecular flexibility index (Phi) is 3.63. The summed E-state index contributed by atoms with van der Waals surface area (Å²) >= 11 is 1.37. The minimum absolute atomic E-state index is 0.158. The second kappa shape index (κ2) is 5.03. The van der Waals surface area contributed by atoms with E-state index in [9.17, 15) is 9.59 Å². The quantitative estimate of drug-likeness (QED) is 0.828. The van der Waals surface area contributed by atoms with Gasteiger partial charge in [-0.3, -0.25) is 9.59 Å². The van der Waals surface area contributed by atoms with Crippen LogP contribution in [0.2, 0.25) is 0 Å². The van der Waals surface area contributed by atoms with Crippen LogP contribution in [0.1, 0.15) is 17.4 Å². The lowest BCUT2D eigenvalue weighted by Crippen LogP contribution is -2.58. The summed E-state index contributed by atoms with van der Waals surface area (Å²) in [7, 11) is 1.55. The van der Waals surface area contributed by atoms with Crippen molar-refractivity contribution in [1.82, 2.24) is 15.2 Å². The summed E-state index contributed by atoms with van der Waals surface area (Å²) in [6.07, 6.45) is 0. The number of amides is 2. The molecular formula is C11H15N3O3S. The Morgan fingerprint density at radius 3 is 3.00 bits per heavy atom. The highest BCUT2D eigenvalue weighted by atomic mass is 32.1. The average Bonchev–Trinajstić information content (AvgIpc) is 2.90. The number of nitrogens with zero attached hydrogens (tertiary/aromatic N) is 2. The van der Waals surface area contributed by atoms with Crippen LogP contribution in [-0.4, -0.2) is 54.0 Å². The molecule has 1 atom stereocenters. The van der Waals surface area contributed by atoms with Gasteiger partial charge in [-0.2, -0.15) is 0 Å². The monoisotopic (exact) mass is 269 g/mol. The maximum Gasteiger partial charge on any atom is 0.273 e. The van der Waals surface area contributed by atoms with Gasteiger partial charge in [0, 0.05) is 19.0 Å². The van der Waals surface area contributed by atoms with Crippen LogP contribution in [0, 0.1) is 0 Å². The van der Waals surface area contributed by atoms with Crippen molar-refractivity contribution in [2.45, 2.75) is 12.5 Å². The number of rotatable bonds is 2. The normalized spacial score (nSPS) is 23.8. The summed E-state index contributed by atoms with van der Waals surface area (Å²) in [5.41, 5.74) is 1.05. The molecule has 2 heterocycles. The van der Waals surface area contributed by atoms with Gasteiger partial charge in [0.1, 0.15) is 5.69 Å². The number of morpholine rings is 1. The first kappa shape index (κ1) is 13.0. The largest absolute Gasteiger partial charge is 0.362 e. The number of carbonyl (C=O) groups excluding carboxylic acids is 2. The van der Waals surface area contributed by atoms with Crippen molar-refractivity contribution < 1.29 is 14.3 Å². The van der Waals surface area contributed by atoms with E-state index < -0.39 is 5.60 Å². The second-order valence-electron chi connectivity index (χ2n) is 4.26. The standard InChI is InChI=1S/C11H15N3O3S/c1-11(10(16)12-2)6-14(3-4-17-11)9(15)8-5-18-7-13-8/h5,7H,3-4,6H2,1-2H3,(H,12,16). The topological polar surface area (TPSA) is 71.5 Å². The lowest BCUT2D eigenvalue weighted by molar-refractivity contribution is -0.153. The third-order valence-corrected chi connectivity index (χ3v) is 3.51. The molecule has 0 aliphatic carbocycles. The minimum Gasteiger partial charge on any atom is -0.362 e. The van der Waals surface area contributed by atoms with Crippen LogP contribution in [0.25, 0.3) is 0 Å². The van der Waals surface area contributed by atoms with Gasteiger partial charge in [0.2, 0.25) is 0 Å². The molecule has 1 N–H and O–H groups in total. The zero-order chi connectivity index (χ0) is 13.2. The number of aromatic nitrogens is 1. The van der Waals surface area contributed by atoms with E-state index in [1.165, 1.54) is 11.3 Å². The summed E-state index contributed by atoms with van der Waals surface area (Å²) in [4.78, 5) is 29.5. The van der Waals surface area contributed by atoms with Crippen LogP contribution in [0.5, 0.6) is 0 Å². The first-order valence-electron chi connectivity index (χ1n) is 5.60. The molecule has 1 aromatic rings. The zero-order valence-electron chi connectivity index (χ0n) is 10.3. The van der Waals surface area contributed by atoms with Gasteiger partial charge in [0.05, 0.1) is 18.7 Å². The molecule has 7 heteroatoms. The van der Waals surface area contributed by atoms with Crippen LogP contribution < -0.4 is 5.32 Å². The van der Waals surface area contributed by atoms with E-state index in [0.717, 1.165) is 0 Å². The molecule has 0 bridgehead atoms. The SMILES string of the molecule is CNC(=O)C1(C)CN(C(=O)c2cscn2)CCO1. The lowest BCUT2D eigenvalue weighted by Gasteiger charge is -2.38. The fourth-order valence-corrected chi connectivity index (χ4v) is 2.45. The zero-order valence-corrected chi connectivity index (χ0v) is 11.1. The van der Waals surface area contributed by atoms with Crippen LogP contribution in [0.15, 0.2) is 10.9 Å². The maximum absolute atomic E-state index is 12.1. The predicted octanol–water partition coefficient (Wildman–Crippen LogP) is 0.120. The van der Waals surface area contributed by atoms with Crippen LogP contribution in [0.3, 0.4) is 0 Å². The molecule has 6 nitrogen and oxygen atoms in total. The lowest BCUT2D eigenvalue weighted by atomic mass is 10.0. The van der Waals surface area contributed by atoms with Crippen molar-refractivity contribution in [2.75, 3.05) is 26.7 Å². The third-order valence-electron chi connectivity index (χ3n) is 2.92. The molecule has 1 aliphatic rings. The van der Waals surface area contributed by atoms with Crippen molar-refractivity contribution >= 4 is 23.2 Å². The van der Waals surface area contributed by atoms with Crippen molar-refractivity contribution in [2.24, 2.45) is 0 Å². The molecule has 0 saturated carbocycles. The molecular weight excluding hydrogens is 254 g/mol. The number of nitrogens with one attached hydrogen (secondary N) is 1. The molecule has 18 heavy (non-hydrogen) atoms. The Labute approximate surface area is 109 Å². The second-order valence-corrected chi connectivity index (χ2v) is 4.98. The molecule has 1 aromatic heterocycles. The van der Waals surface area contributed by atoms with Gasteiger partial charge in [0.25, 0.3) is 11.8 Å². The average molecular weight is 269 g/mol. The fraction of sp³-hybridized carbons (Fsp3) is 0.545. The van der Waals surface area contributed by atoms with Gasteiger partial charge >= 0.3 is 0 Å². The van der Waals surface area contributed by atoms with Gasteiger partial charge < -0.3 is 15.0 Å². The van der Waals surface area contributed by atoms with Gasteiger partial charge in [0.15, 0.2) is 5.60 Å². The fourth-order valence-electron chi connectivity index (χ4n) is 1.93. The Morgan fingerprint density at radius 1 is 1.61 bits per heavy atom. The highest BCUT2D eigenvalue weighted by molar-refractivity contribution is 7.07. The van der Waals surface area contributed by atoms with Crippen LogP contribution in [0.4, 0.5) is 0 Å². The molecule has 1 fully saturated rings. The van der Waals surface area contributed by atoms with Gasteiger partial charge in [-0.15, -0.1) is 11.3 Å². The number of ether oxygens (including phenoxy) is 1. The molecule has 0 radical (unpaired) electrons. The minimum atomic E-state index is -0.987. The van der Waals surface area contributed by atoms with Crippen LogP contribution in [-0.2, 0) is 9.53 Å². The Morgan fingerprint density at radius 2 is 2.39 bits per heavy atom. The Hall–Kier alpha value is -1.47. The third kappa shape index (κ3) is 2.37. The molecule has 98 valence electrons. The summed E-state index contributed by atoms with van der Waals surface area (Å²) in [6, 6.07) is 0. The van der Waals surface area contributed by atoms with E-state index in [-0.39, 0.29) is 18.4 Å². The molecule has 2 amide bonds. The number of carbonyl (C=O) groups is 2. The summed E-state index contributed by atoms with van der Waals surface area (Å²) in [5.74, 6) is -0.382. The summed E-state index contributed by atoms with van der Waals surface area (Å²) < 4.78 is 5.49. The van der Waals surface area contributed by atoms with Crippen molar-refractivity contribution in [3.05, 3.63) is 16.6 Å². The van der Waals surface area contributed by atoms with Crippen LogP contribution >= 0.6 is 11.3 Å². The van der Waals surface area contributed by atoms with E-state index in [2.05, 4.69) is 10.3 Å². The first-order chi connectivity index (χ1) is 8.57. The smallest absolute Gasteiger partial charge is 0.273 e. The molecule has 2 rings (SSSR count). The predicted molar refractivity (Wildman–Crippen MR) is 66.4 cm³/mol. The molecule has 0 aromatic carbocycles. The molecule has 1 aliphatic heterocycles. The Balaban J connectivity index is 2.12. The highest BCUT2D eigenvalue weighted by Gasteiger charge is 2.40. The molecule has 0 spiro atoms. The molecule has 1 saturated heterocycles. The van der Waals surface area contributed by atoms with Crippen molar-refractivity contribution in [3.8, 4) is 0 Å². The first-order valence-corrected chi connectivity index (χ1v) is 6.55. The van der Waals surface area contributed by atoms with E-state index in [1.54, 1.807) is 29.8 Å².